The summed E-state index contributed by atoms with van der Waals surface area (Å²) in [6.07, 6.45) is 6.31. The van der Waals surface area contributed by atoms with E-state index in [0.717, 1.165) is 0 Å². The van der Waals surface area contributed by atoms with Crippen LogP contribution in [0, 0.1) is 0 Å². The highest BCUT2D eigenvalue weighted by atomic mass is 16.5. The maximum atomic E-state index is 13.0. The number of benzene rings is 3. The van der Waals surface area contributed by atoms with E-state index in [-0.39, 0.29) is 18.1 Å². The maximum absolute atomic E-state index is 13.0. The third-order valence-corrected chi connectivity index (χ3v) is 7.15. The van der Waals surface area contributed by atoms with Crippen molar-refractivity contribution in [1.82, 2.24) is 16.0 Å². The minimum atomic E-state index is -0.411. The molecule has 1 fully saturated rings. The van der Waals surface area contributed by atoms with Crippen LogP contribution in [0.4, 0.5) is 31.4 Å². The topological polar surface area (TPSA) is 151 Å². The van der Waals surface area contributed by atoms with Crippen LogP contribution in [0.2, 0.25) is 0 Å². The van der Waals surface area contributed by atoms with Crippen molar-refractivity contribution in [3.63, 3.8) is 0 Å². The number of hydrogen-bond acceptors (Lipinski definition) is 6. The van der Waals surface area contributed by atoms with Crippen LogP contribution >= 0.6 is 0 Å². The van der Waals surface area contributed by atoms with E-state index in [4.69, 9.17) is 14.2 Å². The van der Waals surface area contributed by atoms with Crippen molar-refractivity contribution >= 4 is 35.2 Å². The van der Waals surface area contributed by atoms with Gasteiger partial charge in [0, 0.05) is 35.2 Å². The number of carbonyl (C=O) groups excluding carboxylic acids is 3. The van der Waals surface area contributed by atoms with Gasteiger partial charge in [0.15, 0.2) is 0 Å². The quantitative estimate of drug-likeness (QED) is 0.104. The molecule has 3 aromatic carbocycles. The van der Waals surface area contributed by atoms with Crippen LogP contribution in [0.3, 0.4) is 0 Å². The van der Waals surface area contributed by atoms with E-state index < -0.39 is 18.1 Å². The summed E-state index contributed by atoms with van der Waals surface area (Å²) in [5, 5.41) is 17.4. The molecular formula is C36H42N6O6. The fourth-order valence-corrected chi connectivity index (χ4v) is 5.10. The predicted molar refractivity (Wildman–Crippen MR) is 188 cm³/mol. The highest BCUT2D eigenvalue weighted by molar-refractivity contribution is 5.91. The van der Waals surface area contributed by atoms with Gasteiger partial charge in [0.1, 0.15) is 37.1 Å². The number of carbonyl (C=O) groups is 3. The largest absolute Gasteiger partial charge is 0.490 e. The molecule has 0 spiro atoms. The van der Waals surface area contributed by atoms with E-state index in [2.05, 4.69) is 51.6 Å². The van der Waals surface area contributed by atoms with Gasteiger partial charge in [0.25, 0.3) is 0 Å². The van der Waals surface area contributed by atoms with Crippen molar-refractivity contribution in [1.29, 1.82) is 0 Å². The average molecular weight is 655 g/mol. The number of nitrogens with one attached hydrogen (secondary N) is 6. The van der Waals surface area contributed by atoms with Gasteiger partial charge < -0.3 is 46.1 Å². The lowest BCUT2D eigenvalue weighted by Gasteiger charge is -2.36. The SMILES string of the molecule is C=CCOc1ccc(NC(=O)NC2CC(NC(=O)Nc3ccc(OCC=C)cc3)CC(NC(=O)Nc3ccc(OCC=C)cc3)C2)cc1. The van der Waals surface area contributed by atoms with E-state index in [0.29, 0.717) is 73.4 Å². The lowest BCUT2D eigenvalue weighted by molar-refractivity contribution is 0.217. The molecule has 6 N–H and O–H groups in total. The zero-order chi connectivity index (χ0) is 34.1. The minimum Gasteiger partial charge on any atom is -0.490 e. The van der Waals surface area contributed by atoms with Crippen LogP contribution in [-0.4, -0.2) is 56.0 Å². The van der Waals surface area contributed by atoms with Gasteiger partial charge in [0.05, 0.1) is 0 Å². The van der Waals surface area contributed by atoms with Gasteiger partial charge in [-0.05, 0) is 92.1 Å². The molecular weight excluding hydrogens is 612 g/mol. The second kappa shape index (κ2) is 18.3. The Bertz CT molecular complexity index is 1340. The second-order valence-electron chi connectivity index (χ2n) is 11.0. The zero-order valence-corrected chi connectivity index (χ0v) is 26.7. The summed E-state index contributed by atoms with van der Waals surface area (Å²) >= 11 is 0. The molecule has 3 aromatic rings. The lowest BCUT2D eigenvalue weighted by Crippen LogP contribution is -2.55. The zero-order valence-electron chi connectivity index (χ0n) is 26.7. The molecule has 252 valence electrons. The van der Waals surface area contributed by atoms with E-state index in [1.54, 1.807) is 91.0 Å². The van der Waals surface area contributed by atoms with Gasteiger partial charge in [-0.1, -0.05) is 38.0 Å². The Morgan fingerprint density at radius 3 is 0.979 bits per heavy atom. The van der Waals surface area contributed by atoms with Crippen LogP contribution in [0.5, 0.6) is 17.2 Å². The monoisotopic (exact) mass is 654 g/mol. The van der Waals surface area contributed by atoms with E-state index in [9.17, 15) is 14.4 Å². The smallest absolute Gasteiger partial charge is 0.319 e. The molecule has 1 aliphatic carbocycles. The molecule has 4 rings (SSSR count). The van der Waals surface area contributed by atoms with Crippen LogP contribution in [0.1, 0.15) is 19.3 Å². The molecule has 0 unspecified atom stereocenters. The summed E-state index contributed by atoms with van der Waals surface area (Å²) in [6, 6.07) is 18.6. The Morgan fingerprint density at radius 1 is 0.500 bits per heavy atom. The number of amides is 6. The van der Waals surface area contributed by atoms with Crippen molar-refractivity contribution in [2.45, 2.75) is 37.4 Å². The Hall–Kier alpha value is -5.91. The Labute approximate surface area is 280 Å². The first-order chi connectivity index (χ1) is 23.3. The third-order valence-electron chi connectivity index (χ3n) is 7.15. The number of urea groups is 3. The van der Waals surface area contributed by atoms with Crippen LogP contribution in [-0.2, 0) is 0 Å². The summed E-state index contributed by atoms with van der Waals surface area (Å²) in [7, 11) is 0. The summed E-state index contributed by atoms with van der Waals surface area (Å²) in [5.41, 5.74) is 1.75. The first kappa shape index (κ1) is 35.0. The van der Waals surface area contributed by atoms with Crippen molar-refractivity contribution < 1.29 is 28.6 Å². The van der Waals surface area contributed by atoms with E-state index in [1.165, 1.54) is 0 Å². The van der Waals surface area contributed by atoms with E-state index >= 15 is 0 Å². The highest BCUT2D eigenvalue weighted by Gasteiger charge is 2.32. The normalized spacial score (nSPS) is 16.6. The van der Waals surface area contributed by atoms with Gasteiger partial charge >= 0.3 is 18.1 Å². The molecule has 6 amide bonds. The molecule has 0 aliphatic heterocycles. The fraction of sp³-hybridized carbons (Fsp3) is 0.250. The minimum absolute atomic E-state index is 0.355. The van der Waals surface area contributed by atoms with Gasteiger partial charge in [-0.3, -0.25) is 0 Å². The summed E-state index contributed by atoms with van der Waals surface area (Å²) < 4.78 is 16.5. The Balaban J connectivity index is 1.37. The van der Waals surface area contributed by atoms with Crippen molar-refractivity contribution in [3.8, 4) is 17.2 Å². The molecule has 1 saturated carbocycles. The molecule has 0 atom stereocenters. The fourth-order valence-electron chi connectivity index (χ4n) is 5.10. The molecule has 48 heavy (non-hydrogen) atoms. The van der Waals surface area contributed by atoms with Gasteiger partial charge in [-0.15, -0.1) is 0 Å². The number of ether oxygens (including phenoxy) is 3. The standard InChI is InChI=1S/C36H42N6O6/c1-4-19-46-31-13-7-25(8-14-31)37-34(43)40-28-22-29(41-35(44)38-26-9-15-32(16-10-26)47-20-5-2)24-30(23-28)42-36(45)39-27-11-17-33(18-12-27)48-21-6-3/h4-18,28-30H,1-3,19-24H2,(H2,37,40,43)(H2,38,41,44)(H2,39,42,45). The van der Waals surface area contributed by atoms with Gasteiger partial charge in [-0.25, -0.2) is 14.4 Å². The van der Waals surface area contributed by atoms with Crippen LogP contribution < -0.4 is 46.1 Å². The average Bonchev–Trinajstić information content (AvgIpc) is 3.07. The molecule has 1 aliphatic rings. The molecule has 12 nitrogen and oxygen atoms in total. The van der Waals surface area contributed by atoms with Gasteiger partial charge in [-0.2, -0.15) is 0 Å². The lowest BCUT2D eigenvalue weighted by atomic mass is 9.87. The molecule has 0 bridgehead atoms. The molecule has 0 aromatic heterocycles. The molecule has 0 saturated heterocycles. The van der Waals surface area contributed by atoms with Gasteiger partial charge in [0.2, 0.25) is 0 Å². The summed E-state index contributed by atoms with van der Waals surface area (Å²) in [4.78, 5) is 38.9. The number of hydrogen-bond donors (Lipinski definition) is 6. The highest BCUT2D eigenvalue weighted by Crippen LogP contribution is 2.22. The third kappa shape index (κ3) is 11.8. The van der Waals surface area contributed by atoms with Crippen molar-refractivity contribution in [3.05, 3.63) is 111 Å². The first-order valence-corrected chi connectivity index (χ1v) is 15.6. The summed E-state index contributed by atoms with van der Waals surface area (Å²) in [6.45, 7) is 12.0. The number of rotatable bonds is 15. The maximum Gasteiger partial charge on any atom is 0.319 e. The Morgan fingerprint density at radius 2 is 0.750 bits per heavy atom. The first-order valence-electron chi connectivity index (χ1n) is 15.6. The van der Waals surface area contributed by atoms with E-state index in [1.807, 2.05) is 0 Å². The number of anilines is 3. The second-order valence-corrected chi connectivity index (χ2v) is 11.0. The molecule has 12 heteroatoms. The van der Waals surface area contributed by atoms with Crippen molar-refractivity contribution in [2.24, 2.45) is 0 Å². The van der Waals surface area contributed by atoms with Crippen LogP contribution in [0.15, 0.2) is 111 Å². The van der Waals surface area contributed by atoms with Crippen molar-refractivity contribution in [2.75, 3.05) is 35.8 Å². The predicted octanol–water partition coefficient (Wildman–Crippen LogP) is 6.44. The summed E-state index contributed by atoms with van der Waals surface area (Å²) in [5.74, 6) is 1.96. The molecule has 0 heterocycles. The van der Waals surface area contributed by atoms with Crippen LogP contribution in [0.25, 0.3) is 0 Å². The molecule has 0 radical (unpaired) electrons. The Kier molecular flexibility index (Phi) is 13.3.